The predicted molar refractivity (Wildman–Crippen MR) is 62.7 cm³/mol. The molecular formula is C12H19NO3. The van der Waals surface area contributed by atoms with E-state index >= 15 is 0 Å². The van der Waals surface area contributed by atoms with Gasteiger partial charge in [-0.05, 0) is 25.1 Å². The van der Waals surface area contributed by atoms with Crippen LogP contribution >= 0.6 is 0 Å². The SMILES string of the molecule is COc1ccccc1OCC(CN)CCO. The molecule has 90 valence electrons. The van der Waals surface area contributed by atoms with Crippen LogP contribution in [0.15, 0.2) is 24.3 Å². The van der Waals surface area contributed by atoms with Crippen molar-refractivity contribution < 1.29 is 14.6 Å². The van der Waals surface area contributed by atoms with E-state index in [1.807, 2.05) is 24.3 Å². The van der Waals surface area contributed by atoms with Crippen LogP contribution in [-0.4, -0.2) is 32.0 Å². The molecule has 0 bridgehead atoms. The van der Waals surface area contributed by atoms with Gasteiger partial charge in [0.05, 0.1) is 13.7 Å². The third kappa shape index (κ3) is 3.72. The van der Waals surface area contributed by atoms with Crippen LogP contribution in [0, 0.1) is 5.92 Å². The van der Waals surface area contributed by atoms with Crippen molar-refractivity contribution in [2.24, 2.45) is 11.7 Å². The lowest BCUT2D eigenvalue weighted by Gasteiger charge is -2.16. The summed E-state index contributed by atoms with van der Waals surface area (Å²) in [7, 11) is 1.61. The van der Waals surface area contributed by atoms with Gasteiger partial charge in [-0.1, -0.05) is 12.1 Å². The van der Waals surface area contributed by atoms with E-state index in [-0.39, 0.29) is 12.5 Å². The van der Waals surface area contributed by atoms with E-state index in [1.54, 1.807) is 7.11 Å². The number of nitrogens with two attached hydrogens (primary N) is 1. The Balaban J connectivity index is 2.52. The first-order chi connectivity index (χ1) is 7.81. The molecule has 1 rings (SSSR count). The first-order valence-electron chi connectivity index (χ1n) is 5.38. The Morgan fingerprint density at radius 3 is 2.56 bits per heavy atom. The van der Waals surface area contributed by atoms with Crippen LogP contribution in [0.4, 0.5) is 0 Å². The lowest BCUT2D eigenvalue weighted by atomic mass is 10.1. The molecule has 0 aliphatic rings. The Bertz CT molecular complexity index is 304. The zero-order chi connectivity index (χ0) is 11.8. The fraction of sp³-hybridized carbons (Fsp3) is 0.500. The quantitative estimate of drug-likeness (QED) is 0.727. The smallest absolute Gasteiger partial charge is 0.161 e. The molecule has 0 radical (unpaired) electrons. The fourth-order valence-electron chi connectivity index (χ4n) is 1.40. The number of ether oxygens (including phenoxy) is 2. The maximum absolute atomic E-state index is 8.83. The molecule has 1 unspecified atom stereocenters. The number of benzene rings is 1. The molecular weight excluding hydrogens is 206 g/mol. The molecule has 1 aromatic carbocycles. The van der Waals surface area contributed by atoms with Crippen molar-refractivity contribution in [3.8, 4) is 11.5 Å². The van der Waals surface area contributed by atoms with Crippen molar-refractivity contribution >= 4 is 0 Å². The minimum atomic E-state index is 0.136. The van der Waals surface area contributed by atoms with Crippen LogP contribution < -0.4 is 15.2 Å². The highest BCUT2D eigenvalue weighted by atomic mass is 16.5. The van der Waals surface area contributed by atoms with Crippen LogP contribution in [0.1, 0.15) is 6.42 Å². The zero-order valence-corrected chi connectivity index (χ0v) is 9.56. The van der Waals surface area contributed by atoms with Crippen LogP contribution in [0.3, 0.4) is 0 Å². The molecule has 0 aliphatic heterocycles. The first-order valence-corrected chi connectivity index (χ1v) is 5.38. The van der Waals surface area contributed by atoms with Gasteiger partial charge in [0, 0.05) is 12.5 Å². The Hall–Kier alpha value is -1.26. The number of para-hydroxylation sites is 2. The summed E-state index contributed by atoms with van der Waals surface area (Å²) in [6.45, 7) is 1.14. The number of rotatable bonds is 7. The molecule has 1 aromatic rings. The second-order valence-corrected chi connectivity index (χ2v) is 3.58. The summed E-state index contributed by atoms with van der Waals surface area (Å²) >= 11 is 0. The van der Waals surface area contributed by atoms with Crippen LogP contribution in [0.25, 0.3) is 0 Å². The fourth-order valence-corrected chi connectivity index (χ4v) is 1.40. The number of aliphatic hydroxyl groups excluding tert-OH is 1. The van der Waals surface area contributed by atoms with E-state index in [0.717, 1.165) is 0 Å². The molecule has 0 saturated carbocycles. The molecule has 4 heteroatoms. The average molecular weight is 225 g/mol. The van der Waals surface area contributed by atoms with Crippen molar-refractivity contribution in [3.63, 3.8) is 0 Å². The van der Waals surface area contributed by atoms with Gasteiger partial charge in [-0.3, -0.25) is 0 Å². The van der Waals surface area contributed by atoms with Gasteiger partial charge in [0.1, 0.15) is 0 Å². The van der Waals surface area contributed by atoms with Gasteiger partial charge in [0.15, 0.2) is 11.5 Å². The maximum atomic E-state index is 8.83. The number of hydrogen-bond acceptors (Lipinski definition) is 4. The summed E-state index contributed by atoms with van der Waals surface area (Å²) in [5, 5.41) is 8.83. The van der Waals surface area contributed by atoms with Crippen molar-refractivity contribution in [2.45, 2.75) is 6.42 Å². The van der Waals surface area contributed by atoms with Crippen molar-refractivity contribution in [3.05, 3.63) is 24.3 Å². The molecule has 0 aromatic heterocycles. The van der Waals surface area contributed by atoms with E-state index in [9.17, 15) is 0 Å². The van der Waals surface area contributed by atoms with Crippen LogP contribution in [0.5, 0.6) is 11.5 Å². The zero-order valence-electron chi connectivity index (χ0n) is 9.56. The second-order valence-electron chi connectivity index (χ2n) is 3.58. The Morgan fingerprint density at radius 2 is 2.00 bits per heavy atom. The van der Waals surface area contributed by atoms with Gasteiger partial charge in [-0.2, -0.15) is 0 Å². The van der Waals surface area contributed by atoms with E-state index in [1.165, 1.54) is 0 Å². The molecule has 0 fully saturated rings. The number of aliphatic hydroxyl groups is 1. The Morgan fingerprint density at radius 1 is 1.31 bits per heavy atom. The monoisotopic (exact) mass is 225 g/mol. The van der Waals surface area contributed by atoms with E-state index < -0.39 is 0 Å². The maximum Gasteiger partial charge on any atom is 0.161 e. The summed E-state index contributed by atoms with van der Waals surface area (Å²) in [4.78, 5) is 0. The van der Waals surface area contributed by atoms with Crippen molar-refractivity contribution in [1.29, 1.82) is 0 Å². The van der Waals surface area contributed by atoms with Crippen LogP contribution in [0.2, 0.25) is 0 Å². The minimum Gasteiger partial charge on any atom is -0.493 e. The van der Waals surface area contributed by atoms with Gasteiger partial charge >= 0.3 is 0 Å². The van der Waals surface area contributed by atoms with Gasteiger partial charge < -0.3 is 20.3 Å². The minimum absolute atomic E-state index is 0.136. The summed E-state index contributed by atoms with van der Waals surface area (Å²) < 4.78 is 10.8. The number of methoxy groups -OCH3 is 1. The second kappa shape index (κ2) is 7.09. The molecule has 16 heavy (non-hydrogen) atoms. The third-order valence-corrected chi connectivity index (χ3v) is 2.41. The van der Waals surface area contributed by atoms with Gasteiger partial charge in [-0.25, -0.2) is 0 Å². The van der Waals surface area contributed by atoms with E-state index in [0.29, 0.717) is 31.1 Å². The number of hydrogen-bond donors (Lipinski definition) is 2. The standard InChI is InChI=1S/C12H19NO3/c1-15-11-4-2-3-5-12(11)16-9-10(8-13)6-7-14/h2-5,10,14H,6-9,13H2,1H3. The first kappa shape index (κ1) is 12.8. The summed E-state index contributed by atoms with van der Waals surface area (Å²) in [5.74, 6) is 1.60. The predicted octanol–water partition coefficient (Wildman–Crippen LogP) is 1.03. The molecule has 4 nitrogen and oxygen atoms in total. The molecule has 0 spiro atoms. The summed E-state index contributed by atoms with van der Waals surface area (Å²) in [6.07, 6.45) is 0.658. The molecule has 0 heterocycles. The van der Waals surface area contributed by atoms with Gasteiger partial charge in [0.2, 0.25) is 0 Å². The normalized spacial score (nSPS) is 12.2. The van der Waals surface area contributed by atoms with Crippen molar-refractivity contribution in [1.82, 2.24) is 0 Å². The van der Waals surface area contributed by atoms with E-state index in [4.69, 9.17) is 20.3 Å². The summed E-state index contributed by atoms with van der Waals surface area (Å²) in [5.41, 5.74) is 5.57. The molecule has 0 saturated heterocycles. The topological polar surface area (TPSA) is 64.7 Å². The molecule has 0 amide bonds. The third-order valence-electron chi connectivity index (χ3n) is 2.41. The van der Waals surface area contributed by atoms with Crippen LogP contribution in [-0.2, 0) is 0 Å². The summed E-state index contributed by atoms with van der Waals surface area (Å²) in [6, 6.07) is 7.48. The molecule has 1 atom stereocenters. The Kier molecular flexibility index (Phi) is 5.67. The highest BCUT2D eigenvalue weighted by Gasteiger charge is 2.09. The lowest BCUT2D eigenvalue weighted by molar-refractivity contribution is 0.197. The molecule has 3 N–H and O–H groups in total. The average Bonchev–Trinajstić information content (AvgIpc) is 2.34. The molecule has 0 aliphatic carbocycles. The van der Waals surface area contributed by atoms with E-state index in [2.05, 4.69) is 0 Å². The van der Waals surface area contributed by atoms with Gasteiger partial charge in [0.25, 0.3) is 0 Å². The lowest BCUT2D eigenvalue weighted by Crippen LogP contribution is -2.22. The largest absolute Gasteiger partial charge is 0.493 e. The van der Waals surface area contributed by atoms with Gasteiger partial charge in [-0.15, -0.1) is 0 Å². The Labute approximate surface area is 96.0 Å². The highest BCUT2D eigenvalue weighted by Crippen LogP contribution is 2.26. The van der Waals surface area contributed by atoms with Crippen molar-refractivity contribution in [2.75, 3.05) is 26.9 Å². The highest BCUT2D eigenvalue weighted by molar-refractivity contribution is 5.39.